The number of benzene rings is 2. The van der Waals surface area contributed by atoms with Crippen molar-refractivity contribution in [2.75, 3.05) is 0 Å². The molecule has 1 aliphatic carbocycles. The molecule has 1 atom stereocenters. The number of halogens is 1. The maximum absolute atomic E-state index is 14.3. The van der Waals surface area contributed by atoms with E-state index in [1.54, 1.807) is 12.1 Å². The van der Waals surface area contributed by atoms with E-state index in [0.717, 1.165) is 29.8 Å². The molecule has 0 N–H and O–H groups in total. The zero-order chi connectivity index (χ0) is 20.5. The summed E-state index contributed by atoms with van der Waals surface area (Å²) in [5.41, 5.74) is 4.29. The van der Waals surface area contributed by atoms with Crippen LogP contribution in [0.3, 0.4) is 0 Å². The Morgan fingerprint density at radius 3 is 2.59 bits per heavy atom. The van der Waals surface area contributed by atoms with E-state index >= 15 is 0 Å². The Bertz CT molecular complexity index is 1040. The molecule has 29 heavy (non-hydrogen) atoms. The van der Waals surface area contributed by atoms with Gasteiger partial charge in [-0.05, 0) is 63.4 Å². The molecule has 2 aromatic carbocycles. The summed E-state index contributed by atoms with van der Waals surface area (Å²) in [6, 6.07) is 16.3. The highest BCUT2D eigenvalue weighted by Gasteiger charge is 2.37. The first-order valence-corrected chi connectivity index (χ1v) is 10.1. The molecule has 0 aliphatic heterocycles. The molecule has 3 aromatic rings. The number of hydrogen-bond donors (Lipinski definition) is 0. The van der Waals surface area contributed by atoms with Crippen LogP contribution in [-0.2, 0) is 6.54 Å². The van der Waals surface area contributed by atoms with Gasteiger partial charge in [0.25, 0.3) is 5.91 Å². The van der Waals surface area contributed by atoms with E-state index < -0.39 is 0 Å². The third kappa shape index (κ3) is 4.09. The van der Waals surface area contributed by atoms with E-state index in [9.17, 15) is 9.18 Å². The van der Waals surface area contributed by atoms with Gasteiger partial charge in [-0.25, -0.2) is 4.39 Å². The minimum absolute atomic E-state index is 0.0431. The molecule has 1 amide bonds. The number of carbonyl (C=O) groups is 1. The summed E-state index contributed by atoms with van der Waals surface area (Å²) in [5, 5.41) is 4.51. The second-order valence-electron chi connectivity index (χ2n) is 7.93. The van der Waals surface area contributed by atoms with Gasteiger partial charge < -0.3 is 4.90 Å². The quantitative estimate of drug-likeness (QED) is 0.589. The number of aryl methyl sites for hydroxylation is 2. The van der Waals surface area contributed by atoms with Gasteiger partial charge in [0.2, 0.25) is 0 Å². The molecule has 4 rings (SSSR count). The Morgan fingerprint density at radius 2 is 1.93 bits per heavy atom. The topological polar surface area (TPSA) is 38.1 Å². The number of rotatable bonds is 6. The summed E-state index contributed by atoms with van der Waals surface area (Å²) in [5.74, 6) is -0.310. The highest BCUT2D eigenvalue weighted by atomic mass is 19.1. The van der Waals surface area contributed by atoms with Gasteiger partial charge in [-0.3, -0.25) is 9.48 Å². The Balaban J connectivity index is 1.60. The van der Waals surface area contributed by atoms with Crippen molar-refractivity contribution in [3.63, 3.8) is 0 Å². The monoisotopic (exact) mass is 391 g/mol. The van der Waals surface area contributed by atoms with E-state index in [1.165, 1.54) is 6.07 Å². The van der Waals surface area contributed by atoms with Crippen LogP contribution in [0.15, 0.2) is 54.6 Å². The molecular weight excluding hydrogens is 365 g/mol. The van der Waals surface area contributed by atoms with Crippen molar-refractivity contribution in [2.24, 2.45) is 0 Å². The van der Waals surface area contributed by atoms with Gasteiger partial charge in [0.05, 0.1) is 18.3 Å². The van der Waals surface area contributed by atoms with E-state index in [0.29, 0.717) is 17.7 Å². The predicted molar refractivity (Wildman–Crippen MR) is 111 cm³/mol. The van der Waals surface area contributed by atoms with Crippen LogP contribution in [0.1, 0.15) is 58.7 Å². The van der Waals surface area contributed by atoms with Gasteiger partial charge in [-0.15, -0.1) is 0 Å². The molecule has 1 aliphatic rings. The maximum Gasteiger partial charge on any atom is 0.254 e. The fourth-order valence-electron chi connectivity index (χ4n) is 3.93. The van der Waals surface area contributed by atoms with Crippen molar-refractivity contribution < 1.29 is 9.18 Å². The van der Waals surface area contributed by atoms with Gasteiger partial charge in [0.1, 0.15) is 5.82 Å². The minimum Gasteiger partial charge on any atom is -0.329 e. The third-order valence-corrected chi connectivity index (χ3v) is 5.56. The summed E-state index contributed by atoms with van der Waals surface area (Å²) in [7, 11) is 0. The third-order valence-electron chi connectivity index (χ3n) is 5.56. The molecule has 0 saturated heterocycles. The van der Waals surface area contributed by atoms with Crippen molar-refractivity contribution >= 4 is 5.91 Å². The SMILES string of the molecule is Cc1cc(C)n(Cc2cccc(C(=O)N(C3CC3)C(C)c3ccccc3F)c2)n1. The van der Waals surface area contributed by atoms with Crippen LogP contribution in [0, 0.1) is 19.7 Å². The average molecular weight is 391 g/mol. The van der Waals surface area contributed by atoms with Crippen LogP contribution in [0.4, 0.5) is 4.39 Å². The van der Waals surface area contributed by atoms with E-state index in [4.69, 9.17) is 0 Å². The predicted octanol–water partition coefficient (Wildman–Crippen LogP) is 5.05. The molecule has 5 heteroatoms. The molecule has 150 valence electrons. The molecule has 4 nitrogen and oxygen atoms in total. The van der Waals surface area contributed by atoms with Crippen LogP contribution < -0.4 is 0 Å². The molecule has 0 spiro atoms. The Morgan fingerprint density at radius 1 is 1.17 bits per heavy atom. The average Bonchev–Trinajstić information content (AvgIpc) is 3.47. The molecule has 1 fully saturated rings. The largest absolute Gasteiger partial charge is 0.329 e. The molecule has 1 unspecified atom stereocenters. The van der Waals surface area contributed by atoms with E-state index in [2.05, 4.69) is 5.10 Å². The molecule has 1 heterocycles. The summed E-state index contributed by atoms with van der Waals surface area (Å²) in [6.45, 7) is 6.53. The summed E-state index contributed by atoms with van der Waals surface area (Å²) in [4.78, 5) is 15.3. The number of amides is 1. The second-order valence-corrected chi connectivity index (χ2v) is 7.93. The maximum atomic E-state index is 14.3. The van der Waals surface area contributed by atoms with Crippen molar-refractivity contribution in [3.05, 3.63) is 88.5 Å². The first-order valence-electron chi connectivity index (χ1n) is 10.1. The first-order chi connectivity index (χ1) is 13.9. The first kappa shape index (κ1) is 19.4. The summed E-state index contributed by atoms with van der Waals surface area (Å²) < 4.78 is 16.3. The fourth-order valence-corrected chi connectivity index (χ4v) is 3.93. The normalized spacial score (nSPS) is 14.6. The van der Waals surface area contributed by atoms with Gasteiger partial charge >= 0.3 is 0 Å². The number of carbonyl (C=O) groups excluding carboxylic acids is 1. The van der Waals surface area contributed by atoms with Crippen LogP contribution in [0.5, 0.6) is 0 Å². The van der Waals surface area contributed by atoms with Crippen LogP contribution in [-0.4, -0.2) is 26.6 Å². The van der Waals surface area contributed by atoms with Gasteiger partial charge in [-0.1, -0.05) is 30.3 Å². The lowest BCUT2D eigenvalue weighted by molar-refractivity contribution is 0.0671. The molecule has 0 radical (unpaired) electrons. The Labute approximate surface area is 171 Å². The Hall–Kier alpha value is -2.95. The lowest BCUT2D eigenvalue weighted by Crippen LogP contribution is -2.36. The second kappa shape index (κ2) is 7.82. The summed E-state index contributed by atoms with van der Waals surface area (Å²) >= 11 is 0. The van der Waals surface area contributed by atoms with E-state index in [-0.39, 0.29) is 23.8 Å². The minimum atomic E-state index is -0.309. The van der Waals surface area contributed by atoms with Crippen molar-refractivity contribution in [1.82, 2.24) is 14.7 Å². The standard InChI is InChI=1S/C24H26FN3O/c1-16-13-17(2)27(26-16)15-19-7-6-8-20(14-19)24(29)28(21-11-12-21)18(3)22-9-4-5-10-23(22)25/h4-10,13-14,18,21H,11-12,15H2,1-3H3. The van der Waals surface area contributed by atoms with Crippen molar-refractivity contribution in [1.29, 1.82) is 0 Å². The van der Waals surface area contributed by atoms with Crippen LogP contribution in [0.2, 0.25) is 0 Å². The number of aromatic nitrogens is 2. The highest BCUT2D eigenvalue weighted by molar-refractivity contribution is 5.95. The molecular formula is C24H26FN3O. The lowest BCUT2D eigenvalue weighted by Gasteiger charge is -2.30. The van der Waals surface area contributed by atoms with Gasteiger partial charge in [0, 0.05) is 22.9 Å². The van der Waals surface area contributed by atoms with Crippen LogP contribution >= 0.6 is 0 Å². The zero-order valence-corrected chi connectivity index (χ0v) is 17.1. The Kier molecular flexibility index (Phi) is 5.22. The van der Waals surface area contributed by atoms with Crippen molar-refractivity contribution in [2.45, 2.75) is 52.2 Å². The fraction of sp³-hybridized carbons (Fsp3) is 0.333. The van der Waals surface area contributed by atoms with E-state index in [1.807, 2.05) is 66.8 Å². The smallest absolute Gasteiger partial charge is 0.254 e. The van der Waals surface area contributed by atoms with Gasteiger partial charge in [-0.2, -0.15) is 5.10 Å². The summed E-state index contributed by atoms with van der Waals surface area (Å²) in [6.07, 6.45) is 1.94. The van der Waals surface area contributed by atoms with Gasteiger partial charge in [0.15, 0.2) is 0 Å². The number of hydrogen-bond acceptors (Lipinski definition) is 2. The van der Waals surface area contributed by atoms with Crippen molar-refractivity contribution in [3.8, 4) is 0 Å². The molecule has 0 bridgehead atoms. The van der Waals surface area contributed by atoms with Crippen LogP contribution in [0.25, 0.3) is 0 Å². The lowest BCUT2D eigenvalue weighted by atomic mass is 10.0. The molecule has 1 aromatic heterocycles. The molecule has 1 saturated carbocycles. The zero-order valence-electron chi connectivity index (χ0n) is 17.1. The highest BCUT2D eigenvalue weighted by Crippen LogP contribution is 2.36. The number of nitrogens with zero attached hydrogens (tertiary/aromatic N) is 3.